The summed E-state index contributed by atoms with van der Waals surface area (Å²) in [5.74, 6) is 1.21. The van der Waals surface area contributed by atoms with Crippen LogP contribution in [0.25, 0.3) is 21.2 Å². The van der Waals surface area contributed by atoms with Crippen LogP contribution in [0.3, 0.4) is 0 Å². The lowest BCUT2D eigenvalue weighted by atomic mass is 10.0. The fraction of sp³-hybridized carbons (Fsp3) is 0.269. The number of amides is 2. The second kappa shape index (κ2) is 9.69. The Morgan fingerprint density at radius 2 is 1.85 bits per heavy atom. The van der Waals surface area contributed by atoms with E-state index in [1.807, 2.05) is 50.4 Å². The fourth-order valence-corrected chi connectivity index (χ4v) is 5.04. The summed E-state index contributed by atoms with van der Waals surface area (Å²) in [4.78, 5) is 39.5. The normalized spacial score (nSPS) is 11.1. The van der Waals surface area contributed by atoms with Crippen molar-refractivity contribution >= 4 is 33.2 Å². The molecule has 7 nitrogen and oxygen atoms in total. The van der Waals surface area contributed by atoms with Gasteiger partial charge >= 0.3 is 0 Å². The minimum Gasteiger partial charge on any atom is -0.464 e. The van der Waals surface area contributed by atoms with Crippen LogP contribution < -0.4 is 10.9 Å². The van der Waals surface area contributed by atoms with Gasteiger partial charge in [0.2, 0.25) is 11.5 Å². The molecule has 4 rings (SSSR count). The number of fused-ring (bicyclic) bond motifs is 1. The van der Waals surface area contributed by atoms with Crippen molar-refractivity contribution in [3.8, 4) is 11.1 Å². The Kier molecular flexibility index (Phi) is 6.70. The van der Waals surface area contributed by atoms with E-state index < -0.39 is 0 Å². The van der Waals surface area contributed by atoms with Crippen molar-refractivity contribution in [2.75, 3.05) is 13.6 Å². The number of carbonyl (C=O) groups is 2. The summed E-state index contributed by atoms with van der Waals surface area (Å²) < 4.78 is 8.25. The Balaban J connectivity index is 1.68. The predicted octanol–water partition coefficient (Wildman–Crippen LogP) is 4.26. The van der Waals surface area contributed by atoms with Crippen LogP contribution in [0.5, 0.6) is 0 Å². The molecule has 3 aromatic heterocycles. The molecule has 0 radical (unpaired) electrons. The minimum atomic E-state index is -0.125. The lowest BCUT2D eigenvalue weighted by Gasteiger charge is -2.21. The summed E-state index contributed by atoms with van der Waals surface area (Å²) in [5, 5.41) is 3.61. The molecule has 0 fully saturated rings. The molecule has 176 valence electrons. The van der Waals surface area contributed by atoms with Gasteiger partial charge in [0.1, 0.15) is 11.5 Å². The molecule has 0 aliphatic rings. The summed E-state index contributed by atoms with van der Waals surface area (Å²) in [6, 6.07) is 13.1. The number of nitrogens with zero attached hydrogens (tertiary/aromatic N) is 2. The number of nitrogens with one attached hydrogen (secondary N) is 1. The van der Waals surface area contributed by atoms with E-state index in [1.165, 1.54) is 11.3 Å². The average Bonchev–Trinajstić information content (AvgIpc) is 3.39. The number of pyridine rings is 1. The van der Waals surface area contributed by atoms with Gasteiger partial charge in [-0.05, 0) is 66.3 Å². The van der Waals surface area contributed by atoms with Crippen molar-refractivity contribution in [3.05, 3.63) is 81.0 Å². The third-order valence-corrected chi connectivity index (χ3v) is 7.13. The molecule has 4 aromatic rings. The maximum Gasteiger partial charge on any atom is 0.264 e. The van der Waals surface area contributed by atoms with Crippen molar-refractivity contribution < 1.29 is 14.0 Å². The molecule has 3 heterocycles. The van der Waals surface area contributed by atoms with E-state index in [-0.39, 0.29) is 30.3 Å². The van der Waals surface area contributed by atoms with E-state index in [9.17, 15) is 14.4 Å². The van der Waals surface area contributed by atoms with Gasteiger partial charge in [-0.1, -0.05) is 6.07 Å². The lowest BCUT2D eigenvalue weighted by Crippen LogP contribution is -2.34. The van der Waals surface area contributed by atoms with Gasteiger partial charge in [0.15, 0.2) is 0 Å². The van der Waals surface area contributed by atoms with E-state index in [0.717, 1.165) is 32.5 Å². The van der Waals surface area contributed by atoms with E-state index >= 15 is 0 Å². The lowest BCUT2D eigenvalue weighted by molar-refractivity contribution is -0.120. The third-order valence-electron chi connectivity index (χ3n) is 5.87. The van der Waals surface area contributed by atoms with E-state index in [4.69, 9.17) is 4.42 Å². The summed E-state index contributed by atoms with van der Waals surface area (Å²) in [7, 11) is 3.31. The molecule has 8 heteroatoms. The van der Waals surface area contributed by atoms with Crippen molar-refractivity contribution in [2.24, 2.45) is 7.05 Å². The van der Waals surface area contributed by atoms with Crippen molar-refractivity contribution in [1.29, 1.82) is 0 Å². The average molecular weight is 478 g/mol. The molecule has 1 N–H and O–H groups in total. The Morgan fingerprint density at radius 3 is 2.53 bits per heavy atom. The zero-order valence-electron chi connectivity index (χ0n) is 19.7. The standard InChI is InChI=1S/C26H27N3O4S/c1-16-5-8-20(33-16)15-29(12-11-23(30)27-3)26(32)25-17(2)21-13-18(6-9-22(21)34-25)19-7-10-24(31)28(4)14-19/h5-10,13-14H,11-12,15H2,1-4H3,(H,27,30). The Labute approximate surface area is 201 Å². The van der Waals surface area contributed by atoms with Crippen LogP contribution in [0.15, 0.2) is 57.9 Å². The number of furan rings is 1. The van der Waals surface area contributed by atoms with E-state index in [2.05, 4.69) is 11.4 Å². The highest BCUT2D eigenvalue weighted by molar-refractivity contribution is 7.21. The zero-order chi connectivity index (χ0) is 24.4. The Morgan fingerprint density at radius 1 is 1.09 bits per heavy atom. The number of rotatable bonds is 7. The first-order valence-electron chi connectivity index (χ1n) is 11.0. The number of aryl methyl sites for hydroxylation is 3. The fourth-order valence-electron chi connectivity index (χ4n) is 3.88. The number of carbonyl (C=O) groups excluding carboxylic acids is 2. The van der Waals surface area contributed by atoms with E-state index in [0.29, 0.717) is 17.2 Å². The second-order valence-corrected chi connectivity index (χ2v) is 9.35. The molecule has 0 spiro atoms. The van der Waals surface area contributed by atoms with Gasteiger partial charge in [-0.2, -0.15) is 0 Å². The number of hydrogen-bond acceptors (Lipinski definition) is 5. The van der Waals surface area contributed by atoms with Crippen LogP contribution in [0.4, 0.5) is 0 Å². The highest BCUT2D eigenvalue weighted by atomic mass is 32.1. The summed E-state index contributed by atoms with van der Waals surface area (Å²) >= 11 is 1.45. The van der Waals surface area contributed by atoms with Crippen molar-refractivity contribution in [3.63, 3.8) is 0 Å². The number of hydrogen-bond donors (Lipinski definition) is 1. The van der Waals surface area contributed by atoms with Crippen LogP contribution in [0.2, 0.25) is 0 Å². The zero-order valence-corrected chi connectivity index (χ0v) is 20.5. The van der Waals surface area contributed by atoms with Crippen LogP contribution in [-0.4, -0.2) is 34.9 Å². The van der Waals surface area contributed by atoms with Gasteiger partial charge in [-0.3, -0.25) is 14.4 Å². The molecular formula is C26H27N3O4S. The van der Waals surface area contributed by atoms with Crippen LogP contribution >= 0.6 is 11.3 Å². The van der Waals surface area contributed by atoms with Gasteiger partial charge in [-0.15, -0.1) is 11.3 Å². The molecule has 34 heavy (non-hydrogen) atoms. The molecular weight excluding hydrogens is 450 g/mol. The topological polar surface area (TPSA) is 84.6 Å². The van der Waals surface area contributed by atoms with Gasteiger partial charge < -0.3 is 19.2 Å². The van der Waals surface area contributed by atoms with Gasteiger partial charge in [0, 0.05) is 44.0 Å². The smallest absolute Gasteiger partial charge is 0.264 e. The highest BCUT2D eigenvalue weighted by Gasteiger charge is 2.23. The molecule has 0 bridgehead atoms. The van der Waals surface area contributed by atoms with Crippen molar-refractivity contribution in [2.45, 2.75) is 26.8 Å². The monoisotopic (exact) mass is 477 g/mol. The highest BCUT2D eigenvalue weighted by Crippen LogP contribution is 2.35. The van der Waals surface area contributed by atoms with Gasteiger partial charge in [-0.25, -0.2) is 0 Å². The second-order valence-electron chi connectivity index (χ2n) is 8.30. The molecule has 2 amide bonds. The molecule has 0 saturated heterocycles. The van der Waals surface area contributed by atoms with E-state index in [1.54, 1.807) is 29.6 Å². The van der Waals surface area contributed by atoms with Crippen LogP contribution in [0.1, 0.15) is 33.2 Å². The quantitative estimate of drug-likeness (QED) is 0.431. The summed E-state index contributed by atoms with van der Waals surface area (Å²) in [5.41, 5.74) is 2.75. The number of aromatic nitrogens is 1. The summed E-state index contributed by atoms with van der Waals surface area (Å²) in [6.45, 7) is 4.39. The molecule has 0 unspecified atom stereocenters. The first-order valence-corrected chi connectivity index (χ1v) is 11.8. The van der Waals surface area contributed by atoms with Gasteiger partial charge in [0.25, 0.3) is 5.91 Å². The van der Waals surface area contributed by atoms with Crippen molar-refractivity contribution in [1.82, 2.24) is 14.8 Å². The maximum atomic E-state index is 13.6. The Bertz CT molecular complexity index is 1430. The van der Waals surface area contributed by atoms with Gasteiger partial charge in [0.05, 0.1) is 11.4 Å². The first-order chi connectivity index (χ1) is 16.3. The number of thiophene rings is 1. The van der Waals surface area contributed by atoms with Crippen LogP contribution in [-0.2, 0) is 18.4 Å². The Hall–Kier alpha value is -3.65. The van der Waals surface area contributed by atoms with Crippen LogP contribution in [0, 0.1) is 13.8 Å². The molecule has 0 saturated carbocycles. The minimum absolute atomic E-state index is 0.0620. The SMILES string of the molecule is CNC(=O)CCN(Cc1ccc(C)o1)C(=O)c1sc2ccc(-c3ccc(=O)n(C)c3)cc2c1C. The summed E-state index contributed by atoms with van der Waals surface area (Å²) in [6.07, 6.45) is 2.02. The largest absolute Gasteiger partial charge is 0.464 e. The molecule has 0 aliphatic carbocycles. The number of benzene rings is 1. The molecule has 0 atom stereocenters. The first kappa shape index (κ1) is 23.5. The maximum absolute atomic E-state index is 13.6. The third kappa shape index (κ3) is 4.82. The molecule has 0 aliphatic heterocycles. The predicted molar refractivity (Wildman–Crippen MR) is 134 cm³/mol. The molecule has 1 aromatic carbocycles.